The van der Waals surface area contributed by atoms with E-state index in [1.807, 2.05) is 30.3 Å². The predicted molar refractivity (Wildman–Crippen MR) is 94.8 cm³/mol. The quantitative estimate of drug-likeness (QED) is 0.890. The number of carbonyl (C=O) groups is 2. The van der Waals surface area contributed by atoms with Crippen LogP contribution in [0, 0.1) is 5.92 Å². The second-order valence-electron chi connectivity index (χ2n) is 6.46. The van der Waals surface area contributed by atoms with Crippen LogP contribution in [-0.4, -0.2) is 47.3 Å². The number of hydrogen-bond acceptors (Lipinski definition) is 4. The molecular formula is C18H23FN2O3S. The van der Waals surface area contributed by atoms with Crippen LogP contribution in [-0.2, 0) is 16.1 Å². The maximum atomic E-state index is 13.0. The van der Waals surface area contributed by atoms with Gasteiger partial charge in [-0.2, -0.15) is 0 Å². The van der Waals surface area contributed by atoms with E-state index in [-0.39, 0.29) is 23.8 Å². The van der Waals surface area contributed by atoms with Crippen LogP contribution >= 0.6 is 11.8 Å². The van der Waals surface area contributed by atoms with Crippen molar-refractivity contribution in [3.8, 4) is 0 Å². The summed E-state index contributed by atoms with van der Waals surface area (Å²) in [6, 6.07) is 8.79. The average Bonchev–Trinajstić information content (AvgIpc) is 2.80. The van der Waals surface area contributed by atoms with Crippen molar-refractivity contribution in [1.82, 2.24) is 10.2 Å². The molecule has 2 saturated heterocycles. The fourth-order valence-electron chi connectivity index (χ4n) is 3.24. The fourth-order valence-corrected chi connectivity index (χ4v) is 4.56. The van der Waals surface area contributed by atoms with E-state index in [0.717, 1.165) is 24.2 Å². The van der Waals surface area contributed by atoms with Crippen molar-refractivity contribution in [3.63, 3.8) is 0 Å². The van der Waals surface area contributed by atoms with E-state index in [2.05, 4.69) is 5.32 Å². The zero-order valence-electron chi connectivity index (χ0n) is 14.0. The summed E-state index contributed by atoms with van der Waals surface area (Å²) in [7, 11) is 0. The number of fused-ring (bicyclic) bond motifs is 1. The number of nitrogens with zero attached hydrogens (tertiary/aromatic N) is 1. The van der Waals surface area contributed by atoms with E-state index in [1.165, 1.54) is 0 Å². The van der Waals surface area contributed by atoms with E-state index >= 15 is 0 Å². The van der Waals surface area contributed by atoms with Crippen molar-refractivity contribution in [2.75, 3.05) is 19.0 Å². The highest BCUT2D eigenvalue weighted by atomic mass is 32.2. The molecule has 3 rings (SSSR count). The number of hydrogen-bond donors (Lipinski definition) is 1. The van der Waals surface area contributed by atoms with Crippen LogP contribution in [0.5, 0.6) is 0 Å². The number of amides is 2. The molecule has 2 amide bonds. The van der Waals surface area contributed by atoms with Crippen LogP contribution in [0.25, 0.3) is 0 Å². The number of carbonyl (C=O) groups excluding carboxylic acids is 2. The number of alkyl halides is 1. The van der Waals surface area contributed by atoms with Crippen molar-refractivity contribution >= 4 is 23.8 Å². The van der Waals surface area contributed by atoms with Gasteiger partial charge in [0, 0.05) is 12.5 Å². The zero-order chi connectivity index (χ0) is 17.6. The van der Waals surface area contributed by atoms with E-state index in [4.69, 9.17) is 4.74 Å². The fraction of sp³-hybridized carbons (Fsp3) is 0.556. The molecule has 1 unspecified atom stereocenters. The van der Waals surface area contributed by atoms with E-state index in [0.29, 0.717) is 13.0 Å². The highest BCUT2D eigenvalue weighted by molar-refractivity contribution is 7.99. The Morgan fingerprint density at radius 3 is 2.84 bits per heavy atom. The van der Waals surface area contributed by atoms with Gasteiger partial charge < -0.3 is 15.0 Å². The molecule has 0 radical (unpaired) electrons. The Labute approximate surface area is 151 Å². The van der Waals surface area contributed by atoms with Gasteiger partial charge in [-0.1, -0.05) is 30.3 Å². The summed E-state index contributed by atoms with van der Waals surface area (Å²) in [5.41, 5.74) is 0.891. The van der Waals surface area contributed by atoms with Gasteiger partial charge in [0.25, 0.3) is 0 Å². The van der Waals surface area contributed by atoms with Gasteiger partial charge in [-0.25, -0.2) is 4.79 Å². The topological polar surface area (TPSA) is 58.6 Å². The lowest BCUT2D eigenvalue weighted by Gasteiger charge is -2.38. The summed E-state index contributed by atoms with van der Waals surface area (Å²) in [5, 5.41) is 2.78. The summed E-state index contributed by atoms with van der Waals surface area (Å²) >= 11 is 1.72. The van der Waals surface area contributed by atoms with Gasteiger partial charge in [-0.05, 0) is 30.6 Å². The molecule has 136 valence electrons. The predicted octanol–water partition coefficient (Wildman–Crippen LogP) is 2.95. The van der Waals surface area contributed by atoms with Crippen LogP contribution in [0.15, 0.2) is 30.3 Å². The molecule has 1 N–H and O–H groups in total. The van der Waals surface area contributed by atoms with Crippen molar-refractivity contribution in [1.29, 1.82) is 0 Å². The standard InChI is InChI=1S/C18H23FN2O3S/c19-10-14-6-7-16-21(11-14)17(22)15(8-9-25-16)20-18(23)24-12-13-4-2-1-3-5-13/h1-5,14-16H,6-12H2,(H,20,23)/t14?,15-,16-/m0/s1. The first-order valence-corrected chi connectivity index (χ1v) is 9.67. The lowest BCUT2D eigenvalue weighted by Crippen LogP contribution is -2.53. The first-order valence-electron chi connectivity index (χ1n) is 8.62. The summed E-state index contributed by atoms with van der Waals surface area (Å²) in [6.45, 7) is 0.196. The lowest BCUT2D eigenvalue weighted by atomic mass is 9.98. The monoisotopic (exact) mass is 366 g/mol. The molecule has 1 aromatic carbocycles. The summed E-state index contributed by atoms with van der Waals surface area (Å²) in [5.74, 6) is 0.575. The molecule has 1 aromatic rings. The number of benzene rings is 1. The molecule has 5 nitrogen and oxygen atoms in total. The number of thioether (sulfide) groups is 1. The minimum Gasteiger partial charge on any atom is -0.445 e. The van der Waals surface area contributed by atoms with Crippen molar-refractivity contribution < 1.29 is 18.7 Å². The Kier molecular flexibility index (Phi) is 6.18. The maximum absolute atomic E-state index is 13.0. The van der Waals surface area contributed by atoms with E-state index in [1.54, 1.807) is 16.7 Å². The average molecular weight is 366 g/mol. The largest absolute Gasteiger partial charge is 0.445 e. The summed E-state index contributed by atoms with van der Waals surface area (Å²) in [4.78, 5) is 26.6. The van der Waals surface area contributed by atoms with Gasteiger partial charge in [-0.15, -0.1) is 11.8 Å². The van der Waals surface area contributed by atoms with Crippen molar-refractivity contribution in [2.45, 2.75) is 37.3 Å². The third-order valence-electron chi connectivity index (χ3n) is 4.65. The summed E-state index contributed by atoms with van der Waals surface area (Å²) in [6.07, 6.45) is 1.60. The van der Waals surface area contributed by atoms with Crippen LogP contribution < -0.4 is 5.32 Å². The van der Waals surface area contributed by atoms with Gasteiger partial charge in [0.2, 0.25) is 5.91 Å². The van der Waals surface area contributed by atoms with E-state index < -0.39 is 18.8 Å². The third-order valence-corrected chi connectivity index (χ3v) is 5.99. The molecule has 3 atom stereocenters. The van der Waals surface area contributed by atoms with Gasteiger partial charge >= 0.3 is 6.09 Å². The Morgan fingerprint density at radius 2 is 2.08 bits per heavy atom. The second kappa shape index (κ2) is 8.56. The Hall–Kier alpha value is -1.76. The molecule has 0 spiro atoms. The first-order chi connectivity index (χ1) is 12.2. The molecule has 2 aliphatic heterocycles. The van der Waals surface area contributed by atoms with Crippen molar-refractivity contribution in [2.24, 2.45) is 5.92 Å². The maximum Gasteiger partial charge on any atom is 0.408 e. The molecule has 7 heteroatoms. The van der Waals surface area contributed by atoms with Gasteiger partial charge in [0.05, 0.1) is 12.0 Å². The smallest absolute Gasteiger partial charge is 0.408 e. The Bertz CT molecular complexity index is 601. The molecule has 25 heavy (non-hydrogen) atoms. The molecule has 2 heterocycles. The highest BCUT2D eigenvalue weighted by Gasteiger charge is 2.38. The first kappa shape index (κ1) is 18.0. The van der Waals surface area contributed by atoms with Crippen molar-refractivity contribution in [3.05, 3.63) is 35.9 Å². The normalized spacial score (nSPS) is 26.5. The Balaban J connectivity index is 1.56. The number of nitrogens with one attached hydrogen (secondary N) is 1. The molecule has 0 bridgehead atoms. The number of ether oxygens (including phenoxy) is 1. The summed E-state index contributed by atoms with van der Waals surface area (Å²) < 4.78 is 18.2. The number of halogens is 1. The van der Waals surface area contributed by atoms with Crippen LogP contribution in [0.4, 0.5) is 9.18 Å². The molecular weight excluding hydrogens is 343 g/mol. The van der Waals surface area contributed by atoms with Gasteiger partial charge in [0.1, 0.15) is 12.6 Å². The SMILES string of the molecule is O=C(N[C@H]1CCS[C@H]2CCC(CF)CN2C1=O)OCc1ccccc1. The van der Waals surface area contributed by atoms with Crippen LogP contribution in [0.1, 0.15) is 24.8 Å². The van der Waals surface area contributed by atoms with Gasteiger partial charge in [0.15, 0.2) is 0 Å². The van der Waals surface area contributed by atoms with Crippen LogP contribution in [0.2, 0.25) is 0 Å². The number of alkyl carbamates (subject to hydrolysis) is 1. The number of piperidine rings is 1. The molecule has 0 aliphatic carbocycles. The molecule has 0 saturated carbocycles. The second-order valence-corrected chi connectivity index (χ2v) is 7.75. The molecule has 2 aliphatic rings. The highest BCUT2D eigenvalue weighted by Crippen LogP contribution is 2.33. The lowest BCUT2D eigenvalue weighted by molar-refractivity contribution is -0.136. The third kappa shape index (κ3) is 4.66. The minimum absolute atomic E-state index is 0.0930. The molecule has 2 fully saturated rings. The van der Waals surface area contributed by atoms with E-state index in [9.17, 15) is 14.0 Å². The van der Waals surface area contributed by atoms with Crippen LogP contribution in [0.3, 0.4) is 0 Å². The minimum atomic E-state index is -0.598. The number of rotatable bonds is 4. The zero-order valence-corrected chi connectivity index (χ0v) is 14.8. The Morgan fingerprint density at radius 1 is 1.28 bits per heavy atom. The van der Waals surface area contributed by atoms with Gasteiger partial charge in [-0.3, -0.25) is 9.18 Å². The molecule has 0 aromatic heterocycles.